The minimum absolute atomic E-state index is 0.133. The maximum absolute atomic E-state index is 11.7. The molecule has 1 rings (SSSR count). The van der Waals surface area contributed by atoms with E-state index in [9.17, 15) is 19.8 Å². The van der Waals surface area contributed by atoms with E-state index in [1.54, 1.807) is 13.0 Å². The van der Waals surface area contributed by atoms with Crippen LogP contribution in [0.4, 0.5) is 4.79 Å². The van der Waals surface area contributed by atoms with Crippen molar-refractivity contribution in [3.8, 4) is 0 Å². The van der Waals surface area contributed by atoms with E-state index in [4.69, 9.17) is 15.2 Å². The zero-order valence-corrected chi connectivity index (χ0v) is 13.2. The first-order chi connectivity index (χ1) is 10.1. The van der Waals surface area contributed by atoms with Crippen LogP contribution in [0.3, 0.4) is 0 Å². The second-order valence-corrected chi connectivity index (χ2v) is 6.05. The van der Waals surface area contributed by atoms with Gasteiger partial charge < -0.3 is 25.4 Å². The van der Waals surface area contributed by atoms with Gasteiger partial charge in [0.05, 0.1) is 12.5 Å². The summed E-state index contributed by atoms with van der Waals surface area (Å²) in [6, 6.07) is 0. The average Bonchev–Trinajstić information content (AvgIpc) is 2.39. The number of aliphatic hydroxyl groups is 2. The van der Waals surface area contributed by atoms with Crippen LogP contribution in [0.2, 0.25) is 0 Å². The summed E-state index contributed by atoms with van der Waals surface area (Å²) in [6.07, 6.45) is 0.126. The largest absolute Gasteiger partial charge is 0.462 e. The molecule has 0 bridgehead atoms. The van der Waals surface area contributed by atoms with Crippen molar-refractivity contribution in [2.45, 2.75) is 63.9 Å². The van der Waals surface area contributed by atoms with Crippen molar-refractivity contribution in [3.05, 3.63) is 12.2 Å². The number of primary amides is 1. The fraction of sp³-hybridized carbons (Fsp3) is 0.733. The molecular weight excluding hydrogens is 290 g/mol. The molecule has 0 radical (unpaired) electrons. The lowest BCUT2D eigenvalue weighted by atomic mass is 9.89. The van der Waals surface area contributed by atoms with Gasteiger partial charge in [0.25, 0.3) is 0 Å². The van der Waals surface area contributed by atoms with E-state index < -0.39 is 36.0 Å². The van der Waals surface area contributed by atoms with Crippen LogP contribution >= 0.6 is 0 Å². The Hall–Kier alpha value is -1.60. The molecule has 7 nitrogen and oxygen atoms in total. The number of aliphatic hydroxyl groups excluding tert-OH is 1. The van der Waals surface area contributed by atoms with Crippen molar-refractivity contribution in [3.63, 3.8) is 0 Å². The summed E-state index contributed by atoms with van der Waals surface area (Å²) in [5, 5.41) is 20.3. The molecule has 1 aliphatic rings. The van der Waals surface area contributed by atoms with Crippen LogP contribution < -0.4 is 5.73 Å². The van der Waals surface area contributed by atoms with E-state index in [-0.39, 0.29) is 25.2 Å². The number of carbonyl (C=O) groups is 2. The number of cyclic esters (lactones) is 1. The fourth-order valence-corrected chi connectivity index (χ4v) is 2.19. The number of hydrogen-bond donors (Lipinski definition) is 3. The first-order valence-corrected chi connectivity index (χ1v) is 7.36. The molecular formula is C15H25NO6. The molecule has 0 aromatic carbocycles. The molecule has 5 atom stereocenters. The summed E-state index contributed by atoms with van der Waals surface area (Å²) in [5.41, 5.74) is 3.64. The van der Waals surface area contributed by atoms with Gasteiger partial charge in [-0.25, -0.2) is 4.79 Å². The quantitative estimate of drug-likeness (QED) is 0.488. The summed E-state index contributed by atoms with van der Waals surface area (Å²) in [5.74, 6) is -0.638. The SMILES string of the molecule is CC1/C=C/C(OC(N)=O)C(C)(O)CCC(O)CC(=O)OC1C. The van der Waals surface area contributed by atoms with E-state index in [1.807, 2.05) is 6.92 Å². The van der Waals surface area contributed by atoms with Crippen LogP contribution in [0.5, 0.6) is 0 Å². The monoisotopic (exact) mass is 315 g/mol. The molecule has 126 valence electrons. The zero-order chi connectivity index (χ0) is 16.9. The van der Waals surface area contributed by atoms with Crippen molar-refractivity contribution in [2.75, 3.05) is 0 Å². The van der Waals surface area contributed by atoms with Crippen molar-refractivity contribution < 1.29 is 29.3 Å². The van der Waals surface area contributed by atoms with E-state index in [0.29, 0.717) is 0 Å². The number of amides is 1. The van der Waals surface area contributed by atoms with Crippen LogP contribution in [0, 0.1) is 5.92 Å². The van der Waals surface area contributed by atoms with Gasteiger partial charge in [0.1, 0.15) is 11.7 Å². The zero-order valence-electron chi connectivity index (χ0n) is 13.2. The maximum atomic E-state index is 11.7. The standard InChI is InChI=1S/C15H25NO6/c1-9-4-5-12(22-14(16)19)15(3,20)7-6-11(17)8-13(18)21-10(9)2/h4-5,9-12,17,20H,6-8H2,1-3H3,(H2,16,19)/b5-4+. The first-order valence-electron chi connectivity index (χ1n) is 7.36. The Labute approximate surface area is 130 Å². The maximum Gasteiger partial charge on any atom is 0.405 e. The summed E-state index contributed by atoms with van der Waals surface area (Å²) in [4.78, 5) is 22.7. The number of nitrogens with two attached hydrogens (primary N) is 1. The summed E-state index contributed by atoms with van der Waals surface area (Å²) in [7, 11) is 0. The lowest BCUT2D eigenvalue weighted by Gasteiger charge is -2.31. The van der Waals surface area contributed by atoms with Crippen LogP contribution in [-0.4, -0.2) is 46.2 Å². The number of rotatable bonds is 1. The predicted octanol–water partition coefficient (Wildman–Crippen LogP) is 0.870. The molecule has 0 fully saturated rings. The molecule has 1 aliphatic heterocycles. The minimum atomic E-state index is -1.40. The van der Waals surface area contributed by atoms with Gasteiger partial charge in [0.15, 0.2) is 6.10 Å². The van der Waals surface area contributed by atoms with Gasteiger partial charge >= 0.3 is 12.1 Å². The summed E-state index contributed by atoms with van der Waals surface area (Å²) in [6.45, 7) is 5.05. The Morgan fingerprint density at radius 1 is 1.45 bits per heavy atom. The van der Waals surface area contributed by atoms with Crippen molar-refractivity contribution in [2.24, 2.45) is 11.7 Å². The molecule has 0 aromatic rings. The Balaban J connectivity index is 3.02. The van der Waals surface area contributed by atoms with Gasteiger partial charge in [-0.1, -0.05) is 13.0 Å². The molecule has 1 amide bonds. The Morgan fingerprint density at radius 2 is 2.09 bits per heavy atom. The molecule has 0 aliphatic carbocycles. The van der Waals surface area contributed by atoms with Crippen LogP contribution in [0.1, 0.15) is 40.0 Å². The predicted molar refractivity (Wildman–Crippen MR) is 78.8 cm³/mol. The fourth-order valence-electron chi connectivity index (χ4n) is 2.19. The van der Waals surface area contributed by atoms with Gasteiger partial charge in [-0.2, -0.15) is 0 Å². The number of esters is 1. The highest BCUT2D eigenvalue weighted by Crippen LogP contribution is 2.25. The van der Waals surface area contributed by atoms with Gasteiger partial charge in [-0.15, -0.1) is 0 Å². The second-order valence-electron chi connectivity index (χ2n) is 6.05. The number of carbonyl (C=O) groups excluding carboxylic acids is 2. The first kappa shape index (κ1) is 18.4. The normalized spacial score (nSPS) is 39.0. The van der Waals surface area contributed by atoms with Gasteiger partial charge in [-0.05, 0) is 32.8 Å². The highest BCUT2D eigenvalue weighted by molar-refractivity contribution is 5.70. The highest BCUT2D eigenvalue weighted by Gasteiger charge is 2.34. The Kier molecular flexibility index (Phi) is 6.37. The van der Waals surface area contributed by atoms with E-state index in [1.165, 1.54) is 13.0 Å². The minimum Gasteiger partial charge on any atom is -0.462 e. The van der Waals surface area contributed by atoms with Crippen LogP contribution in [0.25, 0.3) is 0 Å². The molecule has 1 heterocycles. The second kappa shape index (κ2) is 7.60. The van der Waals surface area contributed by atoms with E-state index >= 15 is 0 Å². The number of ether oxygens (including phenoxy) is 2. The number of hydrogen-bond acceptors (Lipinski definition) is 6. The van der Waals surface area contributed by atoms with Crippen LogP contribution in [-0.2, 0) is 14.3 Å². The molecule has 7 heteroatoms. The third kappa shape index (κ3) is 5.65. The summed E-state index contributed by atoms with van der Waals surface area (Å²) >= 11 is 0. The molecule has 22 heavy (non-hydrogen) atoms. The smallest absolute Gasteiger partial charge is 0.405 e. The van der Waals surface area contributed by atoms with Crippen LogP contribution in [0.15, 0.2) is 12.2 Å². The lowest BCUT2D eigenvalue weighted by molar-refractivity contribution is -0.152. The Bertz CT molecular complexity index is 434. The lowest BCUT2D eigenvalue weighted by Crippen LogP contribution is -2.43. The van der Waals surface area contributed by atoms with E-state index in [0.717, 1.165) is 0 Å². The Morgan fingerprint density at radius 3 is 2.68 bits per heavy atom. The summed E-state index contributed by atoms with van der Waals surface area (Å²) < 4.78 is 10.2. The highest BCUT2D eigenvalue weighted by atomic mass is 16.6. The topological polar surface area (TPSA) is 119 Å². The molecule has 5 unspecified atom stereocenters. The average molecular weight is 315 g/mol. The van der Waals surface area contributed by atoms with Gasteiger partial charge in [0.2, 0.25) is 0 Å². The third-order valence-corrected chi connectivity index (χ3v) is 3.89. The van der Waals surface area contributed by atoms with Crippen molar-refractivity contribution in [1.29, 1.82) is 0 Å². The van der Waals surface area contributed by atoms with Gasteiger partial charge in [0, 0.05) is 5.92 Å². The third-order valence-electron chi connectivity index (χ3n) is 3.89. The molecule has 4 N–H and O–H groups in total. The van der Waals surface area contributed by atoms with E-state index in [2.05, 4.69) is 0 Å². The molecule has 0 saturated heterocycles. The molecule has 0 aromatic heterocycles. The van der Waals surface area contributed by atoms with Gasteiger partial charge in [-0.3, -0.25) is 4.79 Å². The van der Waals surface area contributed by atoms with Crippen molar-refractivity contribution >= 4 is 12.1 Å². The molecule has 0 spiro atoms. The van der Waals surface area contributed by atoms with Crippen molar-refractivity contribution in [1.82, 2.24) is 0 Å². The molecule has 0 saturated carbocycles.